The maximum Gasteiger partial charge on any atom is 0.490 e. The maximum absolute atomic E-state index is 12.9. The van der Waals surface area contributed by atoms with Gasteiger partial charge in [-0.15, -0.1) is 12.4 Å². The van der Waals surface area contributed by atoms with Crippen molar-refractivity contribution in [1.82, 2.24) is 19.9 Å². The number of para-hydroxylation sites is 3. The summed E-state index contributed by atoms with van der Waals surface area (Å²) in [6.45, 7) is 0. The van der Waals surface area contributed by atoms with Crippen LogP contribution in [0, 0.1) is 10.1 Å². The van der Waals surface area contributed by atoms with Crippen molar-refractivity contribution in [2.75, 3.05) is 77.4 Å². The number of sulfone groups is 1. The number of nitro groups is 1. The number of methoxy groups -OCH3 is 10. The SMILES string of the molecule is COc1cc2[nH]c(-c3ccccc3OC)c(O)c(=O)c2cc1OC.COc1cc2[nH]c(-c3ccccc3S(C)(=O)=O)c(O)c(=O)c2cc1OC.COc1cc2[nH]c(-c3ccccc3[N+](=O)[O-])c(O)c(=O)c2cc1OC.COc1cc2[nH]c(C(=O)c3ccccc3OC)c(O)c(=O)c2cc1OC.Cl.O=C(O)C(F)(F)F.O=C(O)C(F)(F)F. The zero-order chi connectivity index (χ0) is 85.5. The molecule has 32 nitrogen and oxygen atoms in total. The molecule has 4 heterocycles. The molecule has 0 unspecified atom stereocenters. The van der Waals surface area contributed by atoms with Crippen molar-refractivity contribution in [2.45, 2.75) is 17.2 Å². The highest BCUT2D eigenvalue weighted by molar-refractivity contribution is 7.90. The molecule has 0 aliphatic heterocycles. The fourth-order valence-electron chi connectivity index (χ4n) is 10.8. The van der Waals surface area contributed by atoms with Gasteiger partial charge in [0.05, 0.1) is 153 Å². The Balaban J connectivity index is 0.000000227. The second-order valence-electron chi connectivity index (χ2n) is 23.1. The molecule has 40 heteroatoms. The molecule has 0 bridgehead atoms. The minimum Gasteiger partial charge on any atom is -0.503 e. The number of carboxylic acids is 2. The summed E-state index contributed by atoms with van der Waals surface area (Å²) in [4.78, 5) is 103. The Labute approximate surface area is 655 Å². The number of benzene rings is 8. The molecule has 116 heavy (non-hydrogen) atoms. The van der Waals surface area contributed by atoms with Gasteiger partial charge in [0.15, 0.2) is 78.8 Å². The molecule has 0 saturated heterocycles. The van der Waals surface area contributed by atoms with Crippen molar-refractivity contribution in [2.24, 2.45) is 0 Å². The number of nitro benzene ring substituents is 1. The minimum atomic E-state index is -5.08. The Morgan fingerprint density at radius 1 is 0.388 bits per heavy atom. The van der Waals surface area contributed by atoms with Crippen LogP contribution in [0.5, 0.6) is 80.5 Å². The van der Waals surface area contributed by atoms with Gasteiger partial charge in [0.1, 0.15) is 17.2 Å². The first-order valence-electron chi connectivity index (χ1n) is 32.2. The second-order valence-corrected chi connectivity index (χ2v) is 25.1. The summed E-state index contributed by atoms with van der Waals surface area (Å²) in [5, 5.41) is 67.8. The molecule has 0 radical (unpaired) electrons. The molecule has 0 spiro atoms. The third-order valence-electron chi connectivity index (χ3n) is 16.3. The smallest absolute Gasteiger partial charge is 0.490 e. The molecule has 0 aliphatic rings. The number of carbonyl (C=O) groups excluding carboxylic acids is 1. The highest BCUT2D eigenvalue weighted by atomic mass is 35.5. The van der Waals surface area contributed by atoms with Crippen LogP contribution in [-0.2, 0) is 19.4 Å². The molecule has 12 rings (SSSR count). The highest BCUT2D eigenvalue weighted by Crippen LogP contribution is 2.41. The number of pyridine rings is 4. The quantitative estimate of drug-likeness (QED) is 0.0175. The lowest BCUT2D eigenvalue weighted by Crippen LogP contribution is -2.21. The molecular weight excluding hydrogens is 1600 g/mol. The summed E-state index contributed by atoms with van der Waals surface area (Å²) in [6, 6.07) is 37.8. The Morgan fingerprint density at radius 2 is 0.655 bits per heavy atom. The number of hydrogen-bond acceptors (Lipinski definition) is 25. The predicted molar refractivity (Wildman–Crippen MR) is 411 cm³/mol. The van der Waals surface area contributed by atoms with E-state index >= 15 is 0 Å². The number of alkyl halides is 6. The van der Waals surface area contributed by atoms with E-state index in [4.69, 9.17) is 67.2 Å². The number of ether oxygens (including phenoxy) is 10. The van der Waals surface area contributed by atoms with Crippen molar-refractivity contribution < 1.29 is 132 Å². The molecule has 0 saturated carbocycles. The molecule has 8 aromatic carbocycles. The average Bonchev–Trinajstić information content (AvgIpc) is 0.780. The molecule has 0 aliphatic carbocycles. The second kappa shape index (κ2) is 38.2. The van der Waals surface area contributed by atoms with Gasteiger partial charge in [0, 0.05) is 47.7 Å². The molecule has 0 fully saturated rings. The summed E-state index contributed by atoms with van der Waals surface area (Å²) in [7, 11) is 11.1. The fourth-order valence-corrected chi connectivity index (χ4v) is 11.7. The van der Waals surface area contributed by atoms with E-state index in [0.717, 1.165) is 6.26 Å². The van der Waals surface area contributed by atoms with Gasteiger partial charge in [-0.3, -0.25) is 34.1 Å². The lowest BCUT2D eigenvalue weighted by atomic mass is 10.0. The lowest BCUT2D eigenvalue weighted by molar-refractivity contribution is -0.384. The third kappa shape index (κ3) is 20.1. The summed E-state index contributed by atoms with van der Waals surface area (Å²) in [5.41, 5.74) is 0.0754. The van der Waals surface area contributed by atoms with Gasteiger partial charge in [0.25, 0.3) is 5.69 Å². The number of carboxylic acid groups (broad SMARTS) is 2. The first kappa shape index (κ1) is 90.5. The van der Waals surface area contributed by atoms with Gasteiger partial charge in [-0.2, -0.15) is 26.3 Å². The number of aromatic hydroxyl groups is 4. The number of hydrogen-bond donors (Lipinski definition) is 10. The Morgan fingerprint density at radius 3 is 0.991 bits per heavy atom. The van der Waals surface area contributed by atoms with E-state index in [1.54, 1.807) is 78.9 Å². The van der Waals surface area contributed by atoms with E-state index in [0.29, 0.717) is 90.5 Å². The summed E-state index contributed by atoms with van der Waals surface area (Å²) in [6.07, 6.45) is -9.10. The van der Waals surface area contributed by atoms with Gasteiger partial charge in [-0.1, -0.05) is 54.6 Å². The van der Waals surface area contributed by atoms with Gasteiger partial charge in [0.2, 0.25) is 27.5 Å². The Bertz CT molecular complexity index is 6070. The van der Waals surface area contributed by atoms with E-state index in [-0.39, 0.29) is 84.4 Å². The van der Waals surface area contributed by atoms with Crippen LogP contribution in [0.2, 0.25) is 0 Å². The lowest BCUT2D eigenvalue weighted by Gasteiger charge is -2.13. The monoisotopic (exact) mass is 1660 g/mol. The number of aromatic amines is 4. The number of aliphatic carboxylic acids is 2. The molecule has 4 aromatic heterocycles. The van der Waals surface area contributed by atoms with E-state index < -0.39 is 83.8 Å². The van der Waals surface area contributed by atoms with Gasteiger partial charge in [-0.05, 0) is 60.7 Å². The van der Waals surface area contributed by atoms with Crippen LogP contribution in [-0.4, -0.2) is 171 Å². The van der Waals surface area contributed by atoms with Crippen LogP contribution in [0.1, 0.15) is 16.1 Å². The molecular formula is C76H68ClF6N5O27S. The van der Waals surface area contributed by atoms with Gasteiger partial charge < -0.3 is 97.9 Å². The number of rotatable bonds is 17. The summed E-state index contributed by atoms with van der Waals surface area (Å²) >= 11 is 0. The van der Waals surface area contributed by atoms with Crippen LogP contribution < -0.4 is 69.1 Å². The standard InChI is InChI=1S/C19H17NO6.C18H17NO6S.C18H17NO5.C17H14N2O6.2C2HF3O2.ClH/c1-24-13-7-5-4-6-10(13)17(21)16-19(23)18(22)11-8-14(25-2)15(26-3)9-12(11)20-16;1-24-13-8-11-12(9-14(13)25-2)19-16(18(21)17(11)20)10-6-4-5-7-15(10)26(3,22)23;1-22-13-7-5-4-6-10(13)16-18(21)17(20)11-8-14(23-2)15(24-3)9-12(11)19-16;1-24-13-7-10-11(8-14(13)25-2)18-15(17(21)16(10)20)9-5-3-4-6-12(9)19(22)23;2*3-2(4,5)1(6)7;/h4-9,23H,1-3H3,(H,20,22);4-9,21H,1-3H3,(H,19,20);4-9,21H,1-3H3,(H,19,20);3-8,21H,1-2H3,(H,18,20);2*(H,6,7);1H. The fraction of sp³-hybridized carbons (Fsp3) is 0.171. The van der Waals surface area contributed by atoms with E-state index in [9.17, 15) is 89.3 Å². The largest absolute Gasteiger partial charge is 0.503 e. The number of nitrogens with zero attached hydrogens (tertiary/aromatic N) is 1. The zero-order valence-corrected chi connectivity index (χ0v) is 63.8. The van der Waals surface area contributed by atoms with Crippen LogP contribution in [0.3, 0.4) is 0 Å². The average molecular weight is 1660 g/mol. The van der Waals surface area contributed by atoms with Crippen molar-refractivity contribution in [3.05, 3.63) is 208 Å². The van der Waals surface area contributed by atoms with Crippen molar-refractivity contribution in [1.29, 1.82) is 0 Å². The zero-order valence-electron chi connectivity index (χ0n) is 62.1. The minimum absolute atomic E-state index is 0. The Hall–Kier alpha value is -14.4. The van der Waals surface area contributed by atoms with Crippen molar-refractivity contribution in [3.63, 3.8) is 0 Å². The van der Waals surface area contributed by atoms with Gasteiger partial charge >= 0.3 is 24.3 Å². The third-order valence-corrected chi connectivity index (χ3v) is 17.4. The summed E-state index contributed by atoms with van der Waals surface area (Å²) in [5.74, 6) is -4.33. The number of carbonyl (C=O) groups is 3. The van der Waals surface area contributed by atoms with E-state index in [1.807, 2.05) is 6.07 Å². The molecule has 0 atom stereocenters. The highest BCUT2D eigenvalue weighted by Gasteiger charge is 2.39. The van der Waals surface area contributed by atoms with Gasteiger partial charge in [-0.25, -0.2) is 18.0 Å². The number of H-pyrrole nitrogens is 4. The first-order chi connectivity index (χ1) is 54.2. The number of nitrogens with one attached hydrogen (secondary N) is 4. The maximum atomic E-state index is 12.9. The number of ketones is 1. The topological polar surface area (TPSA) is 474 Å². The molecule has 0 amide bonds. The summed E-state index contributed by atoms with van der Waals surface area (Å²) < 4.78 is 140. The number of fused-ring (bicyclic) bond motifs is 4. The predicted octanol–water partition coefficient (Wildman–Crippen LogP) is 12.3. The van der Waals surface area contributed by atoms with Crippen LogP contribution in [0.4, 0.5) is 32.0 Å². The normalized spacial score (nSPS) is 10.8. The Kier molecular flexibility index (Phi) is 29.8. The van der Waals surface area contributed by atoms with E-state index in [1.165, 1.54) is 132 Å². The van der Waals surface area contributed by atoms with Crippen LogP contribution >= 0.6 is 12.4 Å². The molecule has 10 N–H and O–H groups in total. The van der Waals surface area contributed by atoms with Crippen LogP contribution in [0.15, 0.2) is 170 Å². The molecule has 12 aromatic rings. The van der Waals surface area contributed by atoms with Crippen molar-refractivity contribution in [3.8, 4) is 114 Å². The van der Waals surface area contributed by atoms with Crippen LogP contribution in [0.25, 0.3) is 77.4 Å². The van der Waals surface area contributed by atoms with Crippen molar-refractivity contribution >= 4 is 89.3 Å². The number of aromatic nitrogens is 4. The number of halogens is 7. The molecule has 614 valence electrons. The first-order valence-corrected chi connectivity index (χ1v) is 34.1. The van der Waals surface area contributed by atoms with E-state index in [2.05, 4.69) is 19.9 Å².